The molecule has 0 atom stereocenters. The third-order valence-electron chi connectivity index (χ3n) is 14.0. The second kappa shape index (κ2) is 17.2. The number of pyridine rings is 1. The summed E-state index contributed by atoms with van der Waals surface area (Å²) in [5, 5.41) is 10.9. The van der Waals surface area contributed by atoms with E-state index in [2.05, 4.69) is 265 Å². The first-order chi connectivity index (χ1) is 34.7. The van der Waals surface area contributed by atoms with Gasteiger partial charge in [0.1, 0.15) is 5.65 Å². The minimum absolute atomic E-state index is 0.961. The van der Waals surface area contributed by atoms with Crippen LogP contribution in [-0.4, -0.2) is 9.38 Å². The average molecular weight is 891 g/mol. The number of nitrogens with zero attached hydrogens (tertiary/aromatic N) is 2. The summed E-state index contributed by atoms with van der Waals surface area (Å²) in [6.07, 6.45) is 8.43. The van der Waals surface area contributed by atoms with Gasteiger partial charge in [-0.15, -0.1) is 0 Å². The van der Waals surface area contributed by atoms with Crippen LogP contribution in [0.5, 0.6) is 0 Å². The topological polar surface area (TPSA) is 17.3 Å². The monoisotopic (exact) mass is 890 g/mol. The molecular formula is C68H46N2. The molecule has 2 nitrogen and oxygen atoms in total. The zero-order valence-corrected chi connectivity index (χ0v) is 38.7. The lowest BCUT2D eigenvalue weighted by molar-refractivity contribution is 1.27. The van der Waals surface area contributed by atoms with E-state index in [1.54, 1.807) is 0 Å². The first-order valence-electron chi connectivity index (χ1n) is 24.1. The summed E-state index contributed by atoms with van der Waals surface area (Å²) >= 11 is 0. The van der Waals surface area contributed by atoms with Gasteiger partial charge >= 0.3 is 0 Å². The Morgan fingerprint density at radius 1 is 0.343 bits per heavy atom. The average Bonchev–Trinajstić information content (AvgIpc) is 3.84. The van der Waals surface area contributed by atoms with E-state index in [1.807, 2.05) is 6.92 Å². The van der Waals surface area contributed by atoms with Crippen LogP contribution in [0.1, 0.15) is 12.5 Å². The van der Waals surface area contributed by atoms with E-state index < -0.39 is 0 Å². The second-order valence-electron chi connectivity index (χ2n) is 18.2. The normalized spacial score (nSPS) is 12.0. The largest absolute Gasteiger partial charge is 0.291 e. The number of fused-ring (bicyclic) bond motifs is 9. The second-order valence-corrected chi connectivity index (χ2v) is 18.2. The van der Waals surface area contributed by atoms with Crippen molar-refractivity contribution in [2.24, 2.45) is 0 Å². The van der Waals surface area contributed by atoms with Gasteiger partial charge in [-0.1, -0.05) is 231 Å². The van der Waals surface area contributed by atoms with E-state index in [-0.39, 0.29) is 0 Å². The zero-order chi connectivity index (χ0) is 46.5. The van der Waals surface area contributed by atoms with Crippen LogP contribution in [0.25, 0.3) is 133 Å². The summed E-state index contributed by atoms with van der Waals surface area (Å²) in [6.45, 7) is 2.05. The van der Waals surface area contributed by atoms with E-state index in [0.717, 1.165) is 39.1 Å². The maximum absolute atomic E-state index is 5.42. The van der Waals surface area contributed by atoms with Gasteiger partial charge < -0.3 is 0 Å². The van der Waals surface area contributed by atoms with Crippen LogP contribution >= 0.6 is 0 Å². The molecule has 0 aliphatic rings. The van der Waals surface area contributed by atoms with Gasteiger partial charge in [-0.05, 0) is 125 Å². The molecule has 0 saturated heterocycles. The number of hydrogen-bond donors (Lipinski definition) is 0. The Hall–Kier alpha value is -9.11. The number of imidazole rings is 1. The predicted octanol–water partition coefficient (Wildman–Crippen LogP) is 18.7. The first-order valence-corrected chi connectivity index (χ1v) is 24.1. The summed E-state index contributed by atoms with van der Waals surface area (Å²) in [6, 6.07) is 86.6. The lowest BCUT2D eigenvalue weighted by atomic mass is 9.84. The molecule has 70 heavy (non-hydrogen) atoms. The lowest BCUT2D eigenvalue weighted by Crippen LogP contribution is -1.95. The molecule has 0 radical (unpaired) electrons. The minimum atomic E-state index is 0.961. The van der Waals surface area contributed by atoms with Crippen LogP contribution in [0.15, 0.2) is 255 Å². The molecule has 0 saturated carbocycles. The highest BCUT2D eigenvalue weighted by Crippen LogP contribution is 2.46. The fraction of sp³-hybridized carbons (Fsp3) is 0.0147. The highest BCUT2D eigenvalue weighted by Gasteiger charge is 2.22. The van der Waals surface area contributed by atoms with Crippen molar-refractivity contribution < 1.29 is 0 Å². The maximum atomic E-state index is 5.42. The van der Waals surface area contributed by atoms with Crippen molar-refractivity contribution in [1.82, 2.24) is 9.38 Å². The Bertz CT molecular complexity index is 4210. The van der Waals surface area contributed by atoms with Crippen LogP contribution in [0.4, 0.5) is 0 Å². The zero-order valence-electron chi connectivity index (χ0n) is 38.7. The molecule has 0 aliphatic carbocycles. The van der Waals surface area contributed by atoms with Crippen LogP contribution in [0, 0.1) is 0 Å². The molecule has 2 aromatic heterocycles. The van der Waals surface area contributed by atoms with Crippen molar-refractivity contribution in [2.45, 2.75) is 6.92 Å². The number of hydrogen-bond acceptors (Lipinski definition) is 1. The van der Waals surface area contributed by atoms with Crippen molar-refractivity contribution in [3.05, 3.63) is 260 Å². The van der Waals surface area contributed by atoms with Gasteiger partial charge in [-0.3, -0.25) is 4.40 Å². The van der Waals surface area contributed by atoms with E-state index in [4.69, 9.17) is 4.98 Å². The van der Waals surface area contributed by atoms with E-state index >= 15 is 0 Å². The standard InChI is InChI=1S/C68H46N2/c1-2-3-6-18-45-19-17-26-54(41-45)64-57-28-14-15-29-58(57)65(55-36-35-46-20-11-12-25-51(46)42-55)62-44-52(37-39-59(62)64)47-31-33-48(34-32-47)53-38-40-63-61(43-53)56-27-13-16-30-60(56)68-69-66(49-21-7-4-8-22-49)67(70(63)68)50-23-9-5-10-24-50/h2-44H,1H3/b3-2-,18-6-. The van der Waals surface area contributed by atoms with E-state index in [1.165, 1.54) is 93.2 Å². The van der Waals surface area contributed by atoms with Crippen LogP contribution in [0.3, 0.4) is 0 Å². The molecule has 13 aromatic rings. The Morgan fingerprint density at radius 2 is 0.886 bits per heavy atom. The molecule has 328 valence electrons. The summed E-state index contributed by atoms with van der Waals surface area (Å²) in [7, 11) is 0. The fourth-order valence-corrected chi connectivity index (χ4v) is 10.8. The van der Waals surface area contributed by atoms with Crippen LogP contribution in [0.2, 0.25) is 0 Å². The Balaban J connectivity index is 0.967. The molecular weight excluding hydrogens is 845 g/mol. The summed E-state index contributed by atoms with van der Waals surface area (Å²) < 4.78 is 2.38. The molecule has 0 N–H and O–H groups in total. The number of allylic oxidation sites excluding steroid dienone is 3. The van der Waals surface area contributed by atoms with Crippen LogP contribution < -0.4 is 0 Å². The highest BCUT2D eigenvalue weighted by atomic mass is 15.0. The van der Waals surface area contributed by atoms with Gasteiger partial charge in [0.2, 0.25) is 0 Å². The third-order valence-corrected chi connectivity index (χ3v) is 14.0. The van der Waals surface area contributed by atoms with Crippen LogP contribution in [-0.2, 0) is 0 Å². The van der Waals surface area contributed by atoms with E-state index in [0.29, 0.717) is 0 Å². The van der Waals surface area contributed by atoms with Crippen molar-refractivity contribution in [3.63, 3.8) is 0 Å². The van der Waals surface area contributed by atoms with Gasteiger partial charge in [-0.2, -0.15) is 0 Å². The lowest BCUT2D eigenvalue weighted by Gasteiger charge is -2.19. The number of aromatic nitrogens is 2. The highest BCUT2D eigenvalue weighted by molar-refractivity contribution is 6.22. The van der Waals surface area contributed by atoms with Crippen molar-refractivity contribution in [3.8, 4) is 67.0 Å². The molecule has 11 aromatic carbocycles. The van der Waals surface area contributed by atoms with Crippen molar-refractivity contribution >= 4 is 65.7 Å². The Kier molecular flexibility index (Phi) is 10.1. The maximum Gasteiger partial charge on any atom is 0.146 e. The van der Waals surface area contributed by atoms with Crippen molar-refractivity contribution in [2.75, 3.05) is 0 Å². The molecule has 13 rings (SSSR count). The van der Waals surface area contributed by atoms with Gasteiger partial charge in [0.25, 0.3) is 0 Å². The van der Waals surface area contributed by atoms with Gasteiger partial charge in [0.15, 0.2) is 0 Å². The SMILES string of the molecule is C/C=C\C=C/c1cccc(-c2c3ccccc3c(-c3ccc4ccccc4c3)c3cc(-c4ccc(-c5ccc6c(c5)c5ccccc5c5nc(-c7ccccc7)c(-c7ccccc7)n65)cc4)ccc23)c1. The van der Waals surface area contributed by atoms with Gasteiger partial charge in [0.05, 0.1) is 16.9 Å². The van der Waals surface area contributed by atoms with E-state index in [9.17, 15) is 0 Å². The Labute approximate surface area is 407 Å². The molecule has 0 amide bonds. The molecule has 2 heteroatoms. The molecule has 0 aliphatic heterocycles. The predicted molar refractivity (Wildman–Crippen MR) is 299 cm³/mol. The molecule has 0 unspecified atom stereocenters. The molecule has 0 bridgehead atoms. The first kappa shape index (κ1) is 41.1. The summed E-state index contributed by atoms with van der Waals surface area (Å²) in [5.41, 5.74) is 17.2. The number of benzene rings is 11. The smallest absolute Gasteiger partial charge is 0.146 e. The number of rotatable bonds is 8. The molecule has 0 spiro atoms. The molecule has 2 heterocycles. The molecule has 0 fully saturated rings. The third kappa shape index (κ3) is 7.00. The van der Waals surface area contributed by atoms with Gasteiger partial charge in [-0.25, -0.2) is 4.98 Å². The summed E-state index contributed by atoms with van der Waals surface area (Å²) in [5.74, 6) is 0. The minimum Gasteiger partial charge on any atom is -0.291 e. The summed E-state index contributed by atoms with van der Waals surface area (Å²) in [4.78, 5) is 5.42. The van der Waals surface area contributed by atoms with Gasteiger partial charge in [0, 0.05) is 21.9 Å². The van der Waals surface area contributed by atoms with Crippen molar-refractivity contribution in [1.29, 1.82) is 0 Å². The quantitative estimate of drug-likeness (QED) is 0.0844. The fourth-order valence-electron chi connectivity index (χ4n) is 10.8. The Morgan fingerprint density at radius 3 is 1.61 bits per heavy atom.